The third kappa shape index (κ3) is 3.64. The third-order valence-electron chi connectivity index (χ3n) is 2.38. The zero-order valence-electron chi connectivity index (χ0n) is 11.6. The van der Waals surface area contributed by atoms with Crippen molar-refractivity contribution < 1.29 is 9.53 Å². The van der Waals surface area contributed by atoms with E-state index in [2.05, 4.69) is 4.98 Å². The van der Waals surface area contributed by atoms with Gasteiger partial charge in [-0.15, -0.1) is 11.3 Å². The van der Waals surface area contributed by atoms with Crippen molar-refractivity contribution in [2.75, 3.05) is 0 Å². The summed E-state index contributed by atoms with van der Waals surface area (Å²) in [5.74, 6) is 0.835. The van der Waals surface area contributed by atoms with E-state index >= 15 is 0 Å². The number of carbonyl (C=O) groups excluding carboxylic acids is 1. The molecule has 0 fully saturated rings. The van der Waals surface area contributed by atoms with E-state index in [4.69, 9.17) is 4.74 Å². The fourth-order valence-corrected chi connectivity index (χ4v) is 2.34. The summed E-state index contributed by atoms with van der Waals surface area (Å²) in [6.45, 7) is 7.57. The molecule has 4 heteroatoms. The van der Waals surface area contributed by atoms with Gasteiger partial charge in [0.25, 0.3) is 0 Å². The number of benzene rings is 1. The fourth-order valence-electron chi connectivity index (χ4n) is 1.62. The van der Waals surface area contributed by atoms with Crippen LogP contribution < -0.4 is 4.74 Å². The number of ether oxygens (including phenoxy) is 1. The van der Waals surface area contributed by atoms with Gasteiger partial charge in [-0.1, -0.05) is 0 Å². The molecule has 0 saturated heterocycles. The van der Waals surface area contributed by atoms with Crippen LogP contribution in [0.5, 0.6) is 5.75 Å². The van der Waals surface area contributed by atoms with Crippen LogP contribution in [0.1, 0.15) is 37.5 Å². The highest BCUT2D eigenvalue weighted by Crippen LogP contribution is 2.25. The minimum absolute atomic E-state index is 0.00364. The normalized spacial score (nSPS) is 11.4. The molecule has 1 aromatic carbocycles. The van der Waals surface area contributed by atoms with E-state index in [9.17, 15) is 4.79 Å². The van der Waals surface area contributed by atoms with Gasteiger partial charge in [0.05, 0.1) is 5.69 Å². The number of carbonyl (C=O) groups is 1. The molecule has 2 aromatic rings. The summed E-state index contributed by atoms with van der Waals surface area (Å²) in [5.41, 5.74) is 1.62. The van der Waals surface area contributed by atoms with Gasteiger partial charge in [-0.25, -0.2) is 4.98 Å². The van der Waals surface area contributed by atoms with Crippen molar-refractivity contribution in [2.24, 2.45) is 0 Å². The Labute approximate surface area is 117 Å². The molecular weight excluding hydrogens is 258 g/mol. The van der Waals surface area contributed by atoms with Crippen LogP contribution >= 0.6 is 11.3 Å². The van der Waals surface area contributed by atoms with E-state index in [0.29, 0.717) is 5.01 Å². The van der Waals surface area contributed by atoms with Crippen LogP contribution in [-0.4, -0.2) is 16.4 Å². The van der Waals surface area contributed by atoms with E-state index in [1.165, 1.54) is 18.3 Å². The van der Waals surface area contributed by atoms with Gasteiger partial charge in [-0.05, 0) is 45.0 Å². The summed E-state index contributed by atoms with van der Waals surface area (Å²) >= 11 is 1.37. The maximum atomic E-state index is 11.2. The maximum absolute atomic E-state index is 11.2. The van der Waals surface area contributed by atoms with E-state index in [1.807, 2.05) is 50.4 Å². The van der Waals surface area contributed by atoms with Crippen molar-refractivity contribution in [3.8, 4) is 17.0 Å². The molecule has 0 aliphatic rings. The Balaban J connectivity index is 2.20. The molecular formula is C15H17NO2S. The van der Waals surface area contributed by atoms with Gasteiger partial charge in [0.2, 0.25) is 0 Å². The Morgan fingerprint density at radius 3 is 2.32 bits per heavy atom. The molecule has 100 valence electrons. The Kier molecular flexibility index (Phi) is 3.71. The van der Waals surface area contributed by atoms with Crippen LogP contribution in [0.25, 0.3) is 11.3 Å². The second-order valence-electron chi connectivity index (χ2n) is 5.33. The van der Waals surface area contributed by atoms with Crippen molar-refractivity contribution in [1.82, 2.24) is 4.98 Å². The Morgan fingerprint density at radius 2 is 1.84 bits per heavy atom. The fraction of sp³-hybridized carbons (Fsp3) is 0.333. The van der Waals surface area contributed by atoms with Gasteiger partial charge in [0.15, 0.2) is 10.8 Å². The van der Waals surface area contributed by atoms with Gasteiger partial charge in [-0.3, -0.25) is 4.79 Å². The first-order valence-corrected chi connectivity index (χ1v) is 6.99. The van der Waals surface area contributed by atoms with Crippen LogP contribution in [0.15, 0.2) is 29.6 Å². The minimum Gasteiger partial charge on any atom is -0.488 e. The van der Waals surface area contributed by atoms with Crippen molar-refractivity contribution in [3.05, 3.63) is 34.7 Å². The summed E-state index contributed by atoms with van der Waals surface area (Å²) in [4.78, 5) is 15.5. The lowest BCUT2D eigenvalue weighted by molar-refractivity contribution is 0.101. The van der Waals surface area contributed by atoms with Crippen molar-refractivity contribution in [3.63, 3.8) is 0 Å². The molecule has 0 atom stereocenters. The maximum Gasteiger partial charge on any atom is 0.188 e. The number of hydrogen-bond donors (Lipinski definition) is 0. The highest BCUT2D eigenvalue weighted by Gasteiger charge is 2.12. The first-order chi connectivity index (χ1) is 8.85. The average molecular weight is 275 g/mol. The van der Waals surface area contributed by atoms with Crippen LogP contribution in [0.4, 0.5) is 0 Å². The van der Waals surface area contributed by atoms with Gasteiger partial charge >= 0.3 is 0 Å². The van der Waals surface area contributed by atoms with Gasteiger partial charge in [-0.2, -0.15) is 0 Å². The Bertz CT molecular complexity index is 579. The summed E-state index contributed by atoms with van der Waals surface area (Å²) in [5, 5.41) is 2.45. The quantitative estimate of drug-likeness (QED) is 0.788. The monoisotopic (exact) mass is 275 g/mol. The molecule has 0 aliphatic heterocycles. The van der Waals surface area contributed by atoms with Crippen molar-refractivity contribution in [2.45, 2.75) is 33.3 Å². The topological polar surface area (TPSA) is 39.2 Å². The number of aromatic nitrogens is 1. The predicted molar refractivity (Wildman–Crippen MR) is 77.9 cm³/mol. The summed E-state index contributed by atoms with van der Waals surface area (Å²) in [7, 11) is 0. The molecule has 0 radical (unpaired) electrons. The van der Waals surface area contributed by atoms with Crippen LogP contribution in [0.3, 0.4) is 0 Å². The van der Waals surface area contributed by atoms with E-state index in [0.717, 1.165) is 17.0 Å². The third-order valence-corrected chi connectivity index (χ3v) is 3.32. The van der Waals surface area contributed by atoms with Crippen molar-refractivity contribution >= 4 is 17.1 Å². The second-order valence-corrected chi connectivity index (χ2v) is 6.19. The standard InChI is InChI=1S/C15H17NO2S/c1-10(17)14-16-13(9-19-14)11-5-7-12(8-6-11)18-15(2,3)4/h5-9H,1-4H3. The molecule has 0 unspecified atom stereocenters. The lowest BCUT2D eigenvalue weighted by Crippen LogP contribution is -2.22. The highest BCUT2D eigenvalue weighted by molar-refractivity contribution is 7.12. The average Bonchev–Trinajstić information content (AvgIpc) is 2.77. The molecule has 0 amide bonds. The second kappa shape index (κ2) is 5.13. The van der Waals surface area contributed by atoms with Crippen LogP contribution in [0, 0.1) is 0 Å². The lowest BCUT2D eigenvalue weighted by atomic mass is 10.1. The molecule has 0 saturated carbocycles. The number of Topliss-reactive ketones (excluding diaryl/α,β-unsaturated/α-hetero) is 1. The summed E-state index contributed by atoms with van der Waals surface area (Å²) in [6, 6.07) is 7.76. The summed E-state index contributed by atoms with van der Waals surface area (Å²) < 4.78 is 5.76. The number of nitrogens with zero attached hydrogens (tertiary/aromatic N) is 1. The molecule has 0 spiro atoms. The molecule has 19 heavy (non-hydrogen) atoms. The van der Waals surface area contributed by atoms with Crippen molar-refractivity contribution in [1.29, 1.82) is 0 Å². The number of ketones is 1. The zero-order chi connectivity index (χ0) is 14.0. The molecule has 0 N–H and O–H groups in total. The summed E-state index contributed by atoms with van der Waals surface area (Å²) in [6.07, 6.45) is 0. The van der Waals surface area contributed by atoms with E-state index in [-0.39, 0.29) is 11.4 Å². The molecule has 3 nitrogen and oxygen atoms in total. The van der Waals surface area contributed by atoms with Gasteiger partial charge in [0, 0.05) is 17.9 Å². The molecule has 2 rings (SSSR count). The first kappa shape index (κ1) is 13.7. The number of hydrogen-bond acceptors (Lipinski definition) is 4. The first-order valence-electron chi connectivity index (χ1n) is 6.11. The number of rotatable bonds is 3. The predicted octanol–water partition coefficient (Wildman–Crippen LogP) is 4.19. The van der Waals surface area contributed by atoms with E-state index in [1.54, 1.807) is 0 Å². The lowest BCUT2D eigenvalue weighted by Gasteiger charge is -2.21. The van der Waals surface area contributed by atoms with Crippen LogP contribution in [-0.2, 0) is 0 Å². The number of thiazole rings is 1. The van der Waals surface area contributed by atoms with Gasteiger partial charge in [0.1, 0.15) is 11.4 Å². The Hall–Kier alpha value is -1.68. The molecule has 0 bridgehead atoms. The minimum atomic E-state index is -0.204. The van der Waals surface area contributed by atoms with Gasteiger partial charge < -0.3 is 4.74 Å². The molecule has 0 aliphatic carbocycles. The molecule has 1 heterocycles. The van der Waals surface area contributed by atoms with E-state index < -0.39 is 0 Å². The smallest absolute Gasteiger partial charge is 0.188 e. The Morgan fingerprint density at radius 1 is 1.21 bits per heavy atom. The van der Waals surface area contributed by atoms with Crippen LogP contribution in [0.2, 0.25) is 0 Å². The highest BCUT2D eigenvalue weighted by atomic mass is 32.1. The zero-order valence-corrected chi connectivity index (χ0v) is 12.4. The SMILES string of the molecule is CC(=O)c1nc(-c2ccc(OC(C)(C)C)cc2)cs1. The largest absolute Gasteiger partial charge is 0.488 e. The molecule has 1 aromatic heterocycles.